The summed E-state index contributed by atoms with van der Waals surface area (Å²) in [4.78, 5) is 0. The molecular formula is C6H4F3S. The third-order valence-electron chi connectivity index (χ3n) is 1.05. The average molecular weight is 165 g/mol. The van der Waals surface area contributed by atoms with Crippen LogP contribution in [0.2, 0.25) is 0 Å². The summed E-state index contributed by atoms with van der Waals surface area (Å²) in [6.07, 6.45) is -4.24. The first-order chi connectivity index (χ1) is 4.52. The van der Waals surface area contributed by atoms with Crippen molar-refractivity contribution in [3.63, 3.8) is 0 Å². The second-order valence-corrected chi connectivity index (χ2v) is 2.55. The zero-order valence-corrected chi connectivity index (χ0v) is 5.72. The van der Waals surface area contributed by atoms with E-state index in [4.69, 9.17) is 0 Å². The summed E-state index contributed by atoms with van der Waals surface area (Å²) >= 11 is 1.01. The van der Waals surface area contributed by atoms with Crippen molar-refractivity contribution >= 4 is 11.3 Å². The van der Waals surface area contributed by atoms with Crippen LogP contribution in [0.5, 0.6) is 0 Å². The van der Waals surface area contributed by atoms with Gasteiger partial charge in [-0.3, -0.25) is 0 Å². The average Bonchev–Trinajstić information content (AvgIpc) is 2.11. The highest BCUT2D eigenvalue weighted by atomic mass is 32.1. The largest absolute Gasteiger partial charge is 0.417 e. The summed E-state index contributed by atoms with van der Waals surface area (Å²) in [7, 11) is 0. The van der Waals surface area contributed by atoms with Crippen molar-refractivity contribution < 1.29 is 13.2 Å². The van der Waals surface area contributed by atoms with Crippen molar-refractivity contribution in [3.05, 3.63) is 28.8 Å². The second kappa shape index (κ2) is 2.27. The Morgan fingerprint density at radius 3 is 2.10 bits per heavy atom. The molecule has 0 fully saturated rings. The molecule has 55 valence electrons. The summed E-state index contributed by atoms with van der Waals surface area (Å²) in [5.74, 6) is 0. The lowest BCUT2D eigenvalue weighted by molar-refractivity contribution is -0.137. The molecule has 0 unspecified atom stereocenters. The molecule has 10 heavy (non-hydrogen) atoms. The molecule has 0 aliphatic rings. The van der Waals surface area contributed by atoms with Gasteiger partial charge in [0.15, 0.2) is 0 Å². The number of halogens is 3. The van der Waals surface area contributed by atoms with Crippen LogP contribution in [0.4, 0.5) is 13.2 Å². The highest BCUT2D eigenvalue weighted by Crippen LogP contribution is 2.33. The van der Waals surface area contributed by atoms with Crippen LogP contribution in [-0.2, 0) is 6.18 Å². The van der Waals surface area contributed by atoms with Crippen LogP contribution < -0.4 is 0 Å². The molecule has 0 spiro atoms. The van der Waals surface area contributed by atoms with Gasteiger partial charge in [-0.25, -0.2) is 0 Å². The minimum atomic E-state index is -4.24. The van der Waals surface area contributed by atoms with E-state index in [2.05, 4.69) is 6.92 Å². The fraction of sp³-hybridized carbons (Fsp3) is 0.167. The maximum atomic E-state index is 11.8. The number of hydrogen-bond acceptors (Lipinski definition) is 1. The Hall–Kier alpha value is -0.510. The van der Waals surface area contributed by atoms with Gasteiger partial charge in [-0.15, -0.1) is 0 Å². The van der Waals surface area contributed by atoms with Crippen LogP contribution in [0.15, 0.2) is 10.8 Å². The van der Waals surface area contributed by atoms with E-state index in [-0.39, 0.29) is 5.56 Å². The molecule has 1 aromatic rings. The molecule has 4 heteroatoms. The van der Waals surface area contributed by atoms with Crippen LogP contribution in [0.25, 0.3) is 0 Å². The molecule has 0 nitrogen and oxygen atoms in total. The Morgan fingerprint density at radius 2 is 1.90 bits per heavy atom. The van der Waals surface area contributed by atoms with Gasteiger partial charge in [0.25, 0.3) is 0 Å². The Morgan fingerprint density at radius 1 is 1.30 bits per heavy atom. The fourth-order valence-electron chi connectivity index (χ4n) is 0.572. The lowest BCUT2D eigenvalue weighted by atomic mass is 10.2. The molecule has 0 aromatic carbocycles. The molecule has 0 saturated heterocycles. The van der Waals surface area contributed by atoms with Gasteiger partial charge in [-0.05, 0) is 17.9 Å². The van der Waals surface area contributed by atoms with Gasteiger partial charge in [-0.2, -0.15) is 24.5 Å². The summed E-state index contributed by atoms with van der Waals surface area (Å²) in [5, 5.41) is 2.44. The summed E-state index contributed by atoms with van der Waals surface area (Å²) < 4.78 is 35.5. The molecule has 1 aromatic heterocycles. The van der Waals surface area contributed by atoms with E-state index in [1.165, 1.54) is 5.38 Å². The van der Waals surface area contributed by atoms with E-state index in [0.29, 0.717) is 0 Å². The fourth-order valence-corrected chi connectivity index (χ4v) is 1.35. The van der Waals surface area contributed by atoms with Crippen molar-refractivity contribution in [2.24, 2.45) is 0 Å². The van der Waals surface area contributed by atoms with Gasteiger partial charge in [-0.1, -0.05) is 0 Å². The molecule has 1 rings (SSSR count). The van der Waals surface area contributed by atoms with E-state index in [0.717, 1.165) is 16.7 Å². The quantitative estimate of drug-likeness (QED) is 0.554. The highest BCUT2D eigenvalue weighted by molar-refractivity contribution is 7.08. The molecule has 0 N–H and O–H groups in total. The molecule has 0 bridgehead atoms. The molecule has 1 radical (unpaired) electrons. The van der Waals surface area contributed by atoms with E-state index < -0.39 is 11.7 Å². The van der Waals surface area contributed by atoms with Crippen molar-refractivity contribution in [1.82, 2.24) is 0 Å². The second-order valence-electron chi connectivity index (χ2n) is 1.81. The lowest BCUT2D eigenvalue weighted by Crippen LogP contribution is -2.04. The molecule has 0 aliphatic heterocycles. The van der Waals surface area contributed by atoms with Gasteiger partial charge < -0.3 is 0 Å². The Balaban J connectivity index is 3.05. The zero-order valence-electron chi connectivity index (χ0n) is 4.90. The predicted octanol–water partition coefficient (Wildman–Crippen LogP) is 2.95. The van der Waals surface area contributed by atoms with Crippen LogP contribution in [-0.4, -0.2) is 0 Å². The van der Waals surface area contributed by atoms with Gasteiger partial charge in [0.2, 0.25) is 0 Å². The first-order valence-corrected chi connectivity index (χ1v) is 3.41. The molecule has 0 amide bonds. The van der Waals surface area contributed by atoms with Gasteiger partial charge in [0.1, 0.15) is 0 Å². The van der Waals surface area contributed by atoms with Crippen LogP contribution >= 0.6 is 11.3 Å². The topological polar surface area (TPSA) is 0 Å². The first kappa shape index (κ1) is 7.60. The number of alkyl halides is 3. The van der Waals surface area contributed by atoms with E-state index in [9.17, 15) is 13.2 Å². The van der Waals surface area contributed by atoms with Gasteiger partial charge >= 0.3 is 6.18 Å². The van der Waals surface area contributed by atoms with Crippen molar-refractivity contribution in [2.75, 3.05) is 0 Å². The van der Waals surface area contributed by atoms with Gasteiger partial charge in [0.05, 0.1) is 5.56 Å². The number of rotatable bonds is 0. The van der Waals surface area contributed by atoms with Crippen LogP contribution in [0.1, 0.15) is 11.1 Å². The minimum absolute atomic E-state index is 0.0532. The maximum absolute atomic E-state index is 11.8. The minimum Gasteiger partial charge on any atom is -0.166 e. The number of hydrogen-bond donors (Lipinski definition) is 0. The van der Waals surface area contributed by atoms with E-state index in [1.807, 2.05) is 0 Å². The monoisotopic (exact) mass is 165 g/mol. The summed E-state index contributed by atoms with van der Waals surface area (Å²) in [6, 6.07) is 0. The summed E-state index contributed by atoms with van der Waals surface area (Å²) in [5.41, 5.74) is -0.574. The summed E-state index contributed by atoms with van der Waals surface area (Å²) in [6.45, 7) is 3.24. The Labute approximate surface area is 60.3 Å². The maximum Gasteiger partial charge on any atom is 0.417 e. The Bertz CT molecular complexity index is 223. The lowest BCUT2D eigenvalue weighted by Gasteiger charge is -2.03. The first-order valence-electron chi connectivity index (χ1n) is 2.47. The van der Waals surface area contributed by atoms with Gasteiger partial charge in [0, 0.05) is 5.38 Å². The third kappa shape index (κ3) is 1.31. The van der Waals surface area contributed by atoms with Crippen LogP contribution in [0.3, 0.4) is 0 Å². The molecule has 1 heterocycles. The molecular weight excluding hydrogens is 161 g/mol. The van der Waals surface area contributed by atoms with Crippen LogP contribution in [0, 0.1) is 6.92 Å². The zero-order chi connectivity index (χ0) is 7.78. The normalized spacial score (nSPS) is 12.0. The third-order valence-corrected chi connectivity index (χ3v) is 1.84. The highest BCUT2D eigenvalue weighted by Gasteiger charge is 2.32. The molecule has 0 saturated carbocycles. The smallest absolute Gasteiger partial charge is 0.166 e. The number of thiophene rings is 1. The van der Waals surface area contributed by atoms with Crippen molar-refractivity contribution in [1.29, 1.82) is 0 Å². The standard InChI is InChI=1S/C6H4F3S/c1-4-2-10-3-5(4)6(7,8)9/h2-3H,1H2. The van der Waals surface area contributed by atoms with E-state index >= 15 is 0 Å². The van der Waals surface area contributed by atoms with Crippen molar-refractivity contribution in [2.45, 2.75) is 6.18 Å². The molecule has 0 atom stereocenters. The van der Waals surface area contributed by atoms with E-state index in [1.54, 1.807) is 0 Å². The SMILES string of the molecule is [CH2]c1cscc1C(F)(F)F. The predicted molar refractivity (Wildman–Crippen MR) is 33.8 cm³/mol. The molecule has 0 aliphatic carbocycles. The Kier molecular flexibility index (Phi) is 1.72. The van der Waals surface area contributed by atoms with Crippen molar-refractivity contribution in [3.8, 4) is 0 Å².